The van der Waals surface area contributed by atoms with Crippen molar-refractivity contribution < 1.29 is 13.3 Å². The Kier molecular flexibility index (Phi) is 8.74. The largest absolute Gasteiger partial charge is 0.384 e. The average Bonchev–Trinajstić information content (AvgIpc) is 3.26. The molecule has 0 unspecified atom stereocenters. The van der Waals surface area contributed by atoms with Crippen molar-refractivity contribution in [3.63, 3.8) is 0 Å². The fourth-order valence-electron chi connectivity index (χ4n) is 5.17. The van der Waals surface area contributed by atoms with Gasteiger partial charge >= 0.3 is 0 Å². The molecule has 0 radical (unpaired) electrons. The van der Waals surface area contributed by atoms with Crippen LogP contribution in [0, 0.1) is 15.5 Å². The van der Waals surface area contributed by atoms with Gasteiger partial charge in [-0.2, -0.15) is 0 Å². The Labute approximate surface area is 239 Å². The van der Waals surface area contributed by atoms with E-state index in [0.29, 0.717) is 28.8 Å². The molecule has 1 aromatic heterocycles. The number of nitro groups is 1. The van der Waals surface area contributed by atoms with Crippen LogP contribution in [-0.2, 0) is 42.8 Å². The molecule has 0 bridgehead atoms. The van der Waals surface area contributed by atoms with Crippen LogP contribution in [0.2, 0.25) is 0 Å². The molecule has 12 heteroatoms. The van der Waals surface area contributed by atoms with Crippen molar-refractivity contribution in [1.82, 2.24) is 9.55 Å². The second-order valence-corrected chi connectivity index (χ2v) is 11.6. The molecule has 0 fully saturated rings. The number of nitrogens with one attached hydrogen (secondary N) is 1. The van der Waals surface area contributed by atoms with Gasteiger partial charge in [0.2, 0.25) is 0 Å². The van der Waals surface area contributed by atoms with Crippen LogP contribution in [0.15, 0.2) is 59.5 Å². The molecule has 11 nitrogen and oxygen atoms in total. The average molecular weight is 578 g/mol. The zero-order valence-corrected chi connectivity index (χ0v) is 24.2. The molecule has 4 aromatic rings. The van der Waals surface area contributed by atoms with E-state index in [0.717, 1.165) is 23.3 Å². The number of aromatic nitrogens is 2. The van der Waals surface area contributed by atoms with Crippen molar-refractivity contribution in [3.05, 3.63) is 92.8 Å². The number of hydrogen-bond acceptors (Lipinski definition) is 7. The molecule has 216 valence electrons. The maximum Gasteiger partial charge on any atom is 0.277 e. The minimum Gasteiger partial charge on any atom is -0.384 e. The summed E-state index contributed by atoms with van der Waals surface area (Å²) in [7, 11) is -2.20. The standard InChI is InChI=1S/C29H35N7O4S/c1-4-23-26(14-11-20(16-17-30)28(23)36(37)38)41(39,40)35(5-2)22-12-13-25-24(18-22)33-27(34(25)3)15-8-19-6-9-21(10-7-19)29(31)32/h6-7,9-14,18H,4-5,8,15-17,30H2,1-3H3,(H3,31,32). The lowest BCUT2D eigenvalue weighted by atomic mass is 10.0. The summed E-state index contributed by atoms with van der Waals surface area (Å²) in [5, 5.41) is 19.5. The van der Waals surface area contributed by atoms with Gasteiger partial charge in [0.25, 0.3) is 15.7 Å². The summed E-state index contributed by atoms with van der Waals surface area (Å²) in [5.74, 6) is 0.872. The van der Waals surface area contributed by atoms with E-state index >= 15 is 0 Å². The van der Waals surface area contributed by atoms with Crippen LogP contribution in [0.1, 0.15) is 41.9 Å². The van der Waals surface area contributed by atoms with Gasteiger partial charge in [-0.3, -0.25) is 19.8 Å². The third-order valence-corrected chi connectivity index (χ3v) is 9.26. The fourth-order valence-corrected chi connectivity index (χ4v) is 6.93. The van der Waals surface area contributed by atoms with Crippen LogP contribution in [0.4, 0.5) is 11.4 Å². The SMILES string of the molecule is CCc1c(S(=O)(=O)N(CC)c2ccc3c(c2)nc(CCc2ccc(C(=N)N)cc2)n3C)ccc(CCN)c1[N+](=O)[O-]. The Hall–Kier alpha value is -4.29. The molecule has 4 rings (SSSR count). The Morgan fingerprint density at radius 3 is 2.37 bits per heavy atom. The first-order chi connectivity index (χ1) is 19.5. The van der Waals surface area contributed by atoms with E-state index in [1.165, 1.54) is 16.4 Å². The number of imidazole rings is 1. The van der Waals surface area contributed by atoms with Gasteiger partial charge in [-0.25, -0.2) is 13.4 Å². The molecule has 3 aromatic carbocycles. The van der Waals surface area contributed by atoms with Crippen molar-refractivity contribution in [3.8, 4) is 0 Å². The Morgan fingerprint density at radius 2 is 1.78 bits per heavy atom. The zero-order chi connectivity index (χ0) is 29.9. The number of nitrogen functional groups attached to an aromatic ring is 1. The van der Waals surface area contributed by atoms with E-state index in [9.17, 15) is 18.5 Å². The lowest BCUT2D eigenvalue weighted by Crippen LogP contribution is -2.31. The summed E-state index contributed by atoms with van der Waals surface area (Å²) >= 11 is 0. The highest BCUT2D eigenvalue weighted by molar-refractivity contribution is 7.92. The number of nitrogens with zero attached hydrogens (tertiary/aromatic N) is 4. The lowest BCUT2D eigenvalue weighted by molar-refractivity contribution is -0.386. The van der Waals surface area contributed by atoms with Crippen LogP contribution >= 0.6 is 0 Å². The molecule has 0 spiro atoms. The molecule has 0 atom stereocenters. The second-order valence-electron chi connectivity index (χ2n) is 9.74. The summed E-state index contributed by atoms with van der Waals surface area (Å²) < 4.78 is 31.2. The summed E-state index contributed by atoms with van der Waals surface area (Å²) in [4.78, 5) is 16.2. The number of benzene rings is 3. The molecule has 0 saturated heterocycles. The number of aryl methyl sites for hydroxylation is 3. The van der Waals surface area contributed by atoms with Crippen LogP contribution in [0.3, 0.4) is 0 Å². The number of rotatable bonds is 12. The monoisotopic (exact) mass is 577 g/mol. The molecule has 0 amide bonds. The minimum absolute atomic E-state index is 0.0265. The van der Waals surface area contributed by atoms with E-state index in [1.54, 1.807) is 26.0 Å². The van der Waals surface area contributed by atoms with Crippen molar-refractivity contribution in [2.45, 2.75) is 44.4 Å². The van der Waals surface area contributed by atoms with Gasteiger partial charge in [-0.05, 0) is 62.6 Å². The first kappa shape index (κ1) is 29.7. The number of nitro benzene ring substituents is 1. The van der Waals surface area contributed by atoms with Gasteiger partial charge in [0, 0.05) is 31.1 Å². The molecule has 0 aliphatic rings. The van der Waals surface area contributed by atoms with Crippen LogP contribution in [-0.4, -0.2) is 41.8 Å². The molecule has 0 aliphatic heterocycles. The molecule has 0 saturated carbocycles. The van der Waals surface area contributed by atoms with Crippen LogP contribution in [0.5, 0.6) is 0 Å². The van der Waals surface area contributed by atoms with Gasteiger partial charge in [-0.1, -0.05) is 37.3 Å². The Morgan fingerprint density at radius 1 is 1.07 bits per heavy atom. The van der Waals surface area contributed by atoms with Crippen molar-refractivity contribution in [2.24, 2.45) is 18.5 Å². The molecular formula is C29H35N7O4S. The normalized spacial score (nSPS) is 11.6. The smallest absolute Gasteiger partial charge is 0.277 e. The topological polar surface area (TPSA) is 174 Å². The number of fused-ring (bicyclic) bond motifs is 1. The summed E-state index contributed by atoms with van der Waals surface area (Å²) in [5.41, 5.74) is 15.3. The molecule has 1 heterocycles. The summed E-state index contributed by atoms with van der Waals surface area (Å²) in [6.07, 6.45) is 1.86. The molecule has 5 N–H and O–H groups in total. The number of hydrogen-bond donors (Lipinski definition) is 3. The van der Waals surface area contributed by atoms with E-state index in [-0.39, 0.29) is 47.9 Å². The van der Waals surface area contributed by atoms with E-state index in [4.69, 9.17) is 21.9 Å². The maximum absolute atomic E-state index is 14.0. The van der Waals surface area contributed by atoms with Crippen molar-refractivity contribution >= 4 is 38.3 Å². The summed E-state index contributed by atoms with van der Waals surface area (Å²) in [6.45, 7) is 3.79. The Balaban J connectivity index is 1.68. The summed E-state index contributed by atoms with van der Waals surface area (Å²) in [6, 6.07) is 15.8. The van der Waals surface area contributed by atoms with Crippen LogP contribution < -0.4 is 15.8 Å². The predicted octanol–water partition coefficient (Wildman–Crippen LogP) is 3.83. The minimum atomic E-state index is -4.12. The number of anilines is 1. The van der Waals surface area contributed by atoms with Gasteiger partial charge in [0.1, 0.15) is 11.7 Å². The van der Waals surface area contributed by atoms with Crippen molar-refractivity contribution in [2.75, 3.05) is 17.4 Å². The Bertz CT molecular complexity index is 1710. The highest BCUT2D eigenvalue weighted by Crippen LogP contribution is 2.34. The second kappa shape index (κ2) is 12.1. The quantitative estimate of drug-likeness (QED) is 0.0992. The predicted molar refractivity (Wildman–Crippen MR) is 161 cm³/mol. The van der Waals surface area contributed by atoms with Crippen molar-refractivity contribution in [1.29, 1.82) is 5.41 Å². The molecular weight excluding hydrogens is 542 g/mol. The lowest BCUT2D eigenvalue weighted by Gasteiger charge is -2.24. The third kappa shape index (κ3) is 5.79. The molecule has 41 heavy (non-hydrogen) atoms. The number of nitrogens with two attached hydrogens (primary N) is 2. The van der Waals surface area contributed by atoms with E-state index in [1.807, 2.05) is 41.9 Å². The van der Waals surface area contributed by atoms with Gasteiger partial charge < -0.3 is 16.0 Å². The third-order valence-electron chi connectivity index (χ3n) is 7.28. The van der Waals surface area contributed by atoms with E-state index < -0.39 is 14.9 Å². The highest BCUT2D eigenvalue weighted by Gasteiger charge is 2.32. The molecule has 0 aliphatic carbocycles. The number of amidine groups is 1. The first-order valence-corrected chi connectivity index (χ1v) is 14.9. The van der Waals surface area contributed by atoms with Gasteiger partial charge in [-0.15, -0.1) is 0 Å². The van der Waals surface area contributed by atoms with Crippen LogP contribution in [0.25, 0.3) is 11.0 Å². The van der Waals surface area contributed by atoms with Gasteiger partial charge in [0.05, 0.1) is 32.1 Å². The highest BCUT2D eigenvalue weighted by atomic mass is 32.2. The maximum atomic E-state index is 14.0. The van der Waals surface area contributed by atoms with E-state index in [2.05, 4.69) is 0 Å². The zero-order valence-electron chi connectivity index (χ0n) is 23.4. The van der Waals surface area contributed by atoms with Gasteiger partial charge in [0.15, 0.2) is 0 Å². The number of sulfonamides is 1. The first-order valence-electron chi connectivity index (χ1n) is 13.4. The fraction of sp³-hybridized carbons (Fsp3) is 0.310.